The molecule has 0 unspecified atom stereocenters. The molecule has 2 aromatic carbocycles. The summed E-state index contributed by atoms with van der Waals surface area (Å²) in [7, 11) is 0. The molecule has 0 radical (unpaired) electrons. The fourth-order valence-corrected chi connectivity index (χ4v) is 1.62. The Morgan fingerprint density at radius 1 is 1.11 bits per heavy atom. The van der Waals surface area contributed by atoms with Crippen molar-refractivity contribution >= 4 is 5.97 Å². The van der Waals surface area contributed by atoms with Crippen LogP contribution >= 0.6 is 0 Å². The molecule has 2 aromatic rings. The first kappa shape index (κ1) is 12.9. The summed E-state index contributed by atoms with van der Waals surface area (Å²) in [6, 6.07) is 14.0. The molecule has 0 heterocycles. The van der Waals surface area contributed by atoms with Gasteiger partial charge in [-0.15, -0.1) is 0 Å². The van der Waals surface area contributed by atoms with Gasteiger partial charge in [0.25, 0.3) is 0 Å². The van der Waals surface area contributed by atoms with Crippen molar-refractivity contribution in [3.05, 3.63) is 60.7 Å². The van der Waals surface area contributed by atoms with E-state index in [1.165, 1.54) is 0 Å². The van der Waals surface area contributed by atoms with Gasteiger partial charge >= 0.3 is 5.97 Å². The largest absolute Gasteiger partial charge is 0.508 e. The van der Waals surface area contributed by atoms with Gasteiger partial charge in [-0.3, -0.25) is 0 Å². The fourth-order valence-electron chi connectivity index (χ4n) is 1.62. The first-order valence-electron chi connectivity index (χ1n) is 5.84. The van der Waals surface area contributed by atoms with E-state index in [9.17, 15) is 9.90 Å². The minimum Gasteiger partial charge on any atom is -0.508 e. The third-order valence-corrected chi connectivity index (χ3v) is 2.62. The lowest BCUT2D eigenvalue weighted by Gasteiger charge is -2.10. The molecule has 3 nitrogen and oxygen atoms in total. The Balaban J connectivity index is 2.38. The number of benzene rings is 2. The number of aromatic hydroxyl groups is 1. The van der Waals surface area contributed by atoms with Crippen LogP contribution in [0.25, 0.3) is 11.1 Å². The molecule has 0 saturated heterocycles. The van der Waals surface area contributed by atoms with Crippen LogP contribution in [0.5, 0.6) is 11.5 Å². The van der Waals surface area contributed by atoms with Crippen molar-refractivity contribution in [3.8, 4) is 22.6 Å². The molecule has 0 aromatic heterocycles. The van der Waals surface area contributed by atoms with Gasteiger partial charge in [-0.1, -0.05) is 36.9 Å². The zero-order valence-corrected chi connectivity index (χ0v) is 10.6. The molecule has 3 heteroatoms. The highest BCUT2D eigenvalue weighted by Gasteiger charge is 2.10. The van der Waals surface area contributed by atoms with Gasteiger partial charge in [0, 0.05) is 11.1 Å². The number of hydrogen-bond acceptors (Lipinski definition) is 3. The maximum Gasteiger partial charge on any atom is 0.338 e. The second-order valence-corrected chi connectivity index (χ2v) is 4.21. The van der Waals surface area contributed by atoms with Crippen LogP contribution in [0.3, 0.4) is 0 Å². The summed E-state index contributed by atoms with van der Waals surface area (Å²) in [6.45, 7) is 5.16. The summed E-state index contributed by atoms with van der Waals surface area (Å²) in [5.74, 6) is 0.215. The smallest absolute Gasteiger partial charge is 0.338 e. The van der Waals surface area contributed by atoms with E-state index in [0.29, 0.717) is 11.3 Å². The molecule has 1 N–H and O–H groups in total. The van der Waals surface area contributed by atoms with E-state index in [4.69, 9.17) is 4.74 Å². The van der Waals surface area contributed by atoms with Gasteiger partial charge in [0.05, 0.1) is 0 Å². The molecular formula is C16H14O3. The molecule has 2 rings (SSSR count). The number of rotatable bonds is 3. The molecular weight excluding hydrogens is 240 g/mol. The molecule has 0 spiro atoms. The Kier molecular flexibility index (Phi) is 3.66. The predicted molar refractivity (Wildman–Crippen MR) is 74.0 cm³/mol. The van der Waals surface area contributed by atoms with Gasteiger partial charge in [-0.05, 0) is 30.7 Å². The highest BCUT2D eigenvalue weighted by molar-refractivity contribution is 5.90. The van der Waals surface area contributed by atoms with Crippen LogP contribution in [0, 0.1) is 0 Å². The van der Waals surface area contributed by atoms with Crippen LogP contribution < -0.4 is 4.74 Å². The van der Waals surface area contributed by atoms with E-state index in [1.807, 2.05) is 12.1 Å². The quantitative estimate of drug-likeness (QED) is 0.517. The molecule has 0 aliphatic heterocycles. The first-order chi connectivity index (χ1) is 9.08. The summed E-state index contributed by atoms with van der Waals surface area (Å²) in [4.78, 5) is 11.6. The molecule has 96 valence electrons. The zero-order chi connectivity index (χ0) is 13.8. The van der Waals surface area contributed by atoms with E-state index < -0.39 is 5.97 Å². The fraction of sp³-hybridized carbons (Fsp3) is 0.0625. The van der Waals surface area contributed by atoms with Crippen LogP contribution in [-0.2, 0) is 4.79 Å². The Morgan fingerprint density at radius 2 is 1.74 bits per heavy atom. The molecule has 0 aliphatic carbocycles. The van der Waals surface area contributed by atoms with Crippen LogP contribution in [-0.4, -0.2) is 11.1 Å². The van der Waals surface area contributed by atoms with Gasteiger partial charge in [0.1, 0.15) is 11.5 Å². The van der Waals surface area contributed by atoms with Crippen molar-refractivity contribution in [1.29, 1.82) is 0 Å². The van der Waals surface area contributed by atoms with Crippen LogP contribution in [0.15, 0.2) is 60.7 Å². The highest BCUT2D eigenvalue weighted by Crippen LogP contribution is 2.31. The maximum absolute atomic E-state index is 11.6. The van der Waals surface area contributed by atoms with E-state index >= 15 is 0 Å². The number of phenols is 1. The second kappa shape index (κ2) is 5.40. The maximum atomic E-state index is 11.6. The van der Waals surface area contributed by atoms with Crippen molar-refractivity contribution in [1.82, 2.24) is 0 Å². The summed E-state index contributed by atoms with van der Waals surface area (Å²) < 4.78 is 5.29. The number of phenolic OH excluding ortho intramolecular Hbond substituents is 1. The minimum absolute atomic E-state index is 0.195. The summed E-state index contributed by atoms with van der Waals surface area (Å²) in [6.07, 6.45) is 0. The molecule has 0 fully saturated rings. The Morgan fingerprint density at radius 3 is 2.37 bits per heavy atom. The second-order valence-electron chi connectivity index (χ2n) is 4.21. The summed E-state index contributed by atoms with van der Waals surface area (Å²) in [5.41, 5.74) is 2.00. The average Bonchev–Trinajstić information content (AvgIpc) is 2.40. The lowest BCUT2D eigenvalue weighted by Crippen LogP contribution is -2.08. The van der Waals surface area contributed by atoms with Crippen LogP contribution in [0.4, 0.5) is 0 Å². The molecule has 0 aliphatic rings. The highest BCUT2D eigenvalue weighted by atomic mass is 16.5. The lowest BCUT2D eigenvalue weighted by molar-refractivity contribution is -0.130. The standard InChI is InChI=1S/C16H14O3/c1-11(2)16(18)19-15-6-4-3-5-14(15)12-7-9-13(17)10-8-12/h3-10,17H,1H2,2H3. The monoisotopic (exact) mass is 254 g/mol. The van der Waals surface area contributed by atoms with Gasteiger partial charge in [-0.2, -0.15) is 0 Å². The number of carbonyl (C=O) groups is 1. The van der Waals surface area contributed by atoms with Crippen molar-refractivity contribution in [2.24, 2.45) is 0 Å². The molecule has 0 bridgehead atoms. The SMILES string of the molecule is C=C(C)C(=O)Oc1ccccc1-c1ccc(O)cc1. The zero-order valence-electron chi connectivity index (χ0n) is 10.6. The normalized spacial score (nSPS) is 9.95. The van der Waals surface area contributed by atoms with Gasteiger partial charge in [0.15, 0.2) is 0 Å². The van der Waals surface area contributed by atoms with Crippen molar-refractivity contribution < 1.29 is 14.6 Å². The molecule has 19 heavy (non-hydrogen) atoms. The van der Waals surface area contributed by atoms with Crippen molar-refractivity contribution in [2.45, 2.75) is 6.92 Å². The minimum atomic E-state index is -0.453. The van der Waals surface area contributed by atoms with E-state index in [2.05, 4.69) is 6.58 Å². The number of carbonyl (C=O) groups excluding carboxylic acids is 1. The van der Waals surface area contributed by atoms with Gasteiger partial charge in [0.2, 0.25) is 0 Å². The average molecular weight is 254 g/mol. The molecule has 0 saturated carbocycles. The van der Waals surface area contributed by atoms with Crippen molar-refractivity contribution in [3.63, 3.8) is 0 Å². The lowest BCUT2D eigenvalue weighted by atomic mass is 10.0. The Bertz CT molecular complexity index is 612. The van der Waals surface area contributed by atoms with E-state index in [1.54, 1.807) is 43.3 Å². The Labute approximate surface area is 111 Å². The molecule has 0 atom stereocenters. The third kappa shape index (κ3) is 3.01. The number of ether oxygens (including phenoxy) is 1. The van der Waals surface area contributed by atoms with Gasteiger partial charge in [-0.25, -0.2) is 4.79 Å². The van der Waals surface area contributed by atoms with E-state index in [-0.39, 0.29) is 5.75 Å². The van der Waals surface area contributed by atoms with Crippen LogP contribution in [0.2, 0.25) is 0 Å². The third-order valence-electron chi connectivity index (χ3n) is 2.62. The number of hydrogen-bond donors (Lipinski definition) is 1. The summed E-state index contributed by atoms with van der Waals surface area (Å²) >= 11 is 0. The number of esters is 1. The Hall–Kier alpha value is -2.55. The first-order valence-corrected chi connectivity index (χ1v) is 5.84. The summed E-state index contributed by atoms with van der Waals surface area (Å²) in [5, 5.41) is 9.29. The topological polar surface area (TPSA) is 46.5 Å². The predicted octanol–water partition coefficient (Wildman–Crippen LogP) is 3.54. The van der Waals surface area contributed by atoms with Crippen LogP contribution in [0.1, 0.15) is 6.92 Å². The number of para-hydroxylation sites is 1. The van der Waals surface area contributed by atoms with Gasteiger partial charge < -0.3 is 9.84 Å². The molecule has 0 amide bonds. The van der Waals surface area contributed by atoms with E-state index in [0.717, 1.165) is 11.1 Å². The van der Waals surface area contributed by atoms with Crippen molar-refractivity contribution in [2.75, 3.05) is 0 Å².